The van der Waals surface area contributed by atoms with E-state index < -0.39 is 17.8 Å². The van der Waals surface area contributed by atoms with E-state index in [1.807, 2.05) is 31.5 Å². The van der Waals surface area contributed by atoms with Gasteiger partial charge in [0.15, 0.2) is 0 Å². The molecule has 30 heavy (non-hydrogen) atoms. The predicted molar refractivity (Wildman–Crippen MR) is 114 cm³/mol. The maximum atomic E-state index is 13.9. The van der Waals surface area contributed by atoms with E-state index in [1.54, 1.807) is 12.1 Å². The van der Waals surface area contributed by atoms with Gasteiger partial charge in [0.05, 0.1) is 18.3 Å². The third-order valence-electron chi connectivity index (χ3n) is 4.92. The molecular formula is C24H23FN4O. The lowest BCUT2D eigenvalue weighted by Gasteiger charge is -2.11. The fourth-order valence-electron chi connectivity index (χ4n) is 3.21. The van der Waals surface area contributed by atoms with Gasteiger partial charge in [-0.1, -0.05) is 48.0 Å². The Labute approximate surface area is 175 Å². The highest BCUT2D eigenvalue weighted by molar-refractivity contribution is 5.92. The number of carbonyl (C=O) groups is 1. The lowest BCUT2D eigenvalue weighted by Crippen LogP contribution is -2.26. The van der Waals surface area contributed by atoms with Crippen LogP contribution in [0.15, 0.2) is 54.6 Å². The molecule has 5 nitrogen and oxygen atoms in total. The number of hydrogen-bond donors (Lipinski definition) is 1. The van der Waals surface area contributed by atoms with Gasteiger partial charge in [0, 0.05) is 22.9 Å². The Bertz CT molecular complexity index is 1120. The van der Waals surface area contributed by atoms with Gasteiger partial charge in [-0.15, -0.1) is 0 Å². The zero-order valence-corrected chi connectivity index (χ0v) is 17.2. The molecule has 0 aliphatic carbocycles. The molecule has 0 saturated carbocycles. The normalized spacial score (nSPS) is 12.0. The number of nitrogens with zero attached hydrogens (tertiary/aromatic N) is 3. The molecule has 0 aliphatic heterocycles. The second-order valence-corrected chi connectivity index (χ2v) is 7.15. The Morgan fingerprint density at radius 3 is 2.57 bits per heavy atom. The largest absolute Gasteiger partial charge is 0.333 e. The lowest BCUT2D eigenvalue weighted by molar-refractivity contribution is -0.116. The molecule has 3 rings (SSSR count). The molecule has 0 spiro atoms. The first-order valence-electron chi connectivity index (χ1n) is 9.61. The van der Waals surface area contributed by atoms with Crippen molar-refractivity contribution in [2.24, 2.45) is 0 Å². The van der Waals surface area contributed by atoms with Crippen LogP contribution in [0.1, 0.15) is 39.7 Å². The van der Waals surface area contributed by atoms with Crippen LogP contribution in [0.2, 0.25) is 0 Å². The Morgan fingerprint density at radius 2 is 1.90 bits per heavy atom. The molecule has 0 radical (unpaired) electrons. The zero-order valence-electron chi connectivity index (χ0n) is 17.2. The van der Waals surface area contributed by atoms with Gasteiger partial charge in [0.25, 0.3) is 0 Å². The zero-order chi connectivity index (χ0) is 21.7. The number of amides is 1. The third kappa shape index (κ3) is 4.81. The summed E-state index contributed by atoms with van der Waals surface area (Å²) in [5, 5.41) is 16.4. The minimum absolute atomic E-state index is 0.139. The Morgan fingerprint density at radius 1 is 1.20 bits per heavy atom. The number of carbonyl (C=O) groups excluding carboxylic acids is 1. The van der Waals surface area contributed by atoms with Gasteiger partial charge < -0.3 is 5.32 Å². The Balaban J connectivity index is 1.73. The molecule has 0 saturated heterocycles. The van der Waals surface area contributed by atoms with Crippen molar-refractivity contribution in [3.05, 3.63) is 94.1 Å². The highest BCUT2D eigenvalue weighted by Gasteiger charge is 2.16. The van der Waals surface area contributed by atoms with Crippen LogP contribution in [-0.2, 0) is 11.3 Å². The number of hydrogen-bond acceptors (Lipinski definition) is 3. The van der Waals surface area contributed by atoms with E-state index in [1.165, 1.54) is 29.8 Å². The van der Waals surface area contributed by atoms with Crippen LogP contribution in [0.3, 0.4) is 0 Å². The maximum absolute atomic E-state index is 13.9. The molecule has 1 amide bonds. The van der Waals surface area contributed by atoms with Crippen molar-refractivity contribution >= 4 is 12.0 Å². The molecule has 2 aromatic carbocycles. The van der Waals surface area contributed by atoms with Crippen LogP contribution in [0.4, 0.5) is 4.39 Å². The van der Waals surface area contributed by atoms with E-state index in [9.17, 15) is 14.4 Å². The number of benzene rings is 2. The third-order valence-corrected chi connectivity index (χ3v) is 4.92. The smallest absolute Gasteiger partial charge is 0.245 e. The molecule has 1 unspecified atom stereocenters. The summed E-state index contributed by atoms with van der Waals surface area (Å²) in [6.07, 6.45) is 3.02. The van der Waals surface area contributed by atoms with Crippen LogP contribution >= 0.6 is 0 Å². The molecule has 0 bridgehead atoms. The van der Waals surface area contributed by atoms with Crippen LogP contribution in [0.25, 0.3) is 6.08 Å². The predicted octanol–water partition coefficient (Wildman–Crippen LogP) is 4.39. The number of nitriles is 1. The number of aryl methyl sites for hydroxylation is 2. The summed E-state index contributed by atoms with van der Waals surface area (Å²) < 4.78 is 15.8. The molecular weight excluding hydrogens is 379 g/mol. The van der Waals surface area contributed by atoms with Crippen LogP contribution in [0, 0.1) is 37.9 Å². The standard InChI is InChI=1S/C24H23FN4O/c1-16-8-10-19(11-9-16)15-29-18(3)20(17(2)28-29)12-13-24(30)27-23(14-26)21-6-4-5-7-22(21)25/h4-13,23H,15H2,1-3H3,(H,27,30)/b13-12+. The molecule has 1 heterocycles. The minimum Gasteiger partial charge on any atom is -0.333 e. The van der Waals surface area contributed by atoms with E-state index >= 15 is 0 Å². The van der Waals surface area contributed by atoms with Crippen molar-refractivity contribution in [2.75, 3.05) is 0 Å². The van der Waals surface area contributed by atoms with E-state index in [4.69, 9.17) is 0 Å². The maximum Gasteiger partial charge on any atom is 0.245 e. The molecule has 0 aliphatic rings. The van der Waals surface area contributed by atoms with Gasteiger partial charge in [-0.2, -0.15) is 10.4 Å². The molecule has 1 aromatic heterocycles. The van der Waals surface area contributed by atoms with Crippen molar-refractivity contribution in [1.82, 2.24) is 15.1 Å². The first-order valence-corrected chi connectivity index (χ1v) is 9.61. The second kappa shape index (κ2) is 9.19. The quantitative estimate of drug-likeness (QED) is 0.622. The molecule has 3 aromatic rings. The highest BCUT2D eigenvalue weighted by atomic mass is 19.1. The summed E-state index contributed by atoms with van der Waals surface area (Å²) >= 11 is 0. The van der Waals surface area contributed by atoms with Gasteiger partial charge in [0.2, 0.25) is 5.91 Å². The summed E-state index contributed by atoms with van der Waals surface area (Å²) in [6.45, 7) is 6.51. The molecule has 0 fully saturated rings. The minimum atomic E-state index is -1.06. The van der Waals surface area contributed by atoms with Gasteiger partial charge in [-0.3, -0.25) is 9.48 Å². The summed E-state index contributed by atoms with van der Waals surface area (Å²) in [4.78, 5) is 12.3. The first-order chi connectivity index (χ1) is 14.4. The van der Waals surface area contributed by atoms with Gasteiger partial charge in [-0.25, -0.2) is 4.39 Å². The van der Waals surface area contributed by atoms with E-state index in [0.29, 0.717) is 6.54 Å². The number of rotatable bonds is 6. The summed E-state index contributed by atoms with van der Waals surface area (Å²) in [5.41, 5.74) is 5.06. The molecule has 6 heteroatoms. The van der Waals surface area contributed by atoms with Crippen LogP contribution in [0.5, 0.6) is 0 Å². The number of aromatic nitrogens is 2. The molecule has 1 N–H and O–H groups in total. The first kappa shape index (κ1) is 21.0. The number of halogens is 1. The van der Waals surface area contributed by atoms with Gasteiger partial charge >= 0.3 is 0 Å². The summed E-state index contributed by atoms with van der Waals surface area (Å²) in [7, 11) is 0. The van der Waals surface area contributed by atoms with Crippen molar-refractivity contribution in [3.63, 3.8) is 0 Å². The topological polar surface area (TPSA) is 70.7 Å². The van der Waals surface area contributed by atoms with E-state index in [0.717, 1.165) is 22.5 Å². The lowest BCUT2D eigenvalue weighted by atomic mass is 10.1. The summed E-state index contributed by atoms with van der Waals surface area (Å²) in [5.74, 6) is -1.01. The van der Waals surface area contributed by atoms with Crippen LogP contribution < -0.4 is 5.32 Å². The fourth-order valence-corrected chi connectivity index (χ4v) is 3.21. The summed E-state index contributed by atoms with van der Waals surface area (Å²) in [6, 6.07) is 15.0. The van der Waals surface area contributed by atoms with Gasteiger partial charge in [0.1, 0.15) is 11.9 Å². The number of nitrogens with one attached hydrogen (secondary N) is 1. The molecule has 152 valence electrons. The van der Waals surface area contributed by atoms with Crippen molar-refractivity contribution in [3.8, 4) is 6.07 Å². The molecule has 1 atom stereocenters. The van der Waals surface area contributed by atoms with Crippen molar-refractivity contribution in [2.45, 2.75) is 33.4 Å². The van der Waals surface area contributed by atoms with Crippen LogP contribution in [-0.4, -0.2) is 15.7 Å². The fraction of sp³-hybridized carbons (Fsp3) is 0.208. The SMILES string of the molecule is Cc1ccc(Cn2nc(C)c(/C=C/C(=O)NC(C#N)c3ccccc3F)c2C)cc1. The Kier molecular flexibility index (Phi) is 6.43. The van der Waals surface area contributed by atoms with E-state index in [2.05, 4.69) is 34.7 Å². The van der Waals surface area contributed by atoms with Gasteiger partial charge in [-0.05, 0) is 38.5 Å². The second-order valence-electron chi connectivity index (χ2n) is 7.15. The highest BCUT2D eigenvalue weighted by Crippen LogP contribution is 2.18. The Hall–Kier alpha value is -3.72. The van der Waals surface area contributed by atoms with Crippen molar-refractivity contribution in [1.29, 1.82) is 5.26 Å². The van der Waals surface area contributed by atoms with Crippen molar-refractivity contribution < 1.29 is 9.18 Å². The average Bonchev–Trinajstić information content (AvgIpc) is 2.99. The monoisotopic (exact) mass is 402 g/mol. The average molecular weight is 402 g/mol. The van der Waals surface area contributed by atoms with E-state index in [-0.39, 0.29) is 5.56 Å².